The zero-order valence-electron chi connectivity index (χ0n) is 19.0. The van der Waals surface area contributed by atoms with E-state index in [2.05, 4.69) is 91.4 Å². The highest BCUT2D eigenvalue weighted by molar-refractivity contribution is 5.91. The number of nitrogens with zero attached hydrogens (tertiary/aromatic N) is 4. The van der Waals surface area contributed by atoms with Crippen LogP contribution in [0.15, 0.2) is 73.3 Å². The van der Waals surface area contributed by atoms with Gasteiger partial charge in [-0.25, -0.2) is 9.97 Å². The van der Waals surface area contributed by atoms with Gasteiger partial charge in [0.05, 0.1) is 11.4 Å². The topological polar surface area (TPSA) is 32.3 Å². The standard InChI is InChI=1S/C28H28N4/c1-6-22-18(4)29-24-25(30-22)31(20-14-10-9-11-15-20)26-28(8-3)19(5)27(28,7-2)21-16-12-13-17-23(21)32(24)26/h6,9-17,26H,1,5,7-8H2,2-4H3. The molecule has 0 bridgehead atoms. The first-order chi connectivity index (χ1) is 15.6. The van der Waals surface area contributed by atoms with Crippen LogP contribution in [0.1, 0.15) is 43.6 Å². The van der Waals surface area contributed by atoms with Crippen LogP contribution < -0.4 is 9.80 Å². The van der Waals surface area contributed by atoms with Crippen molar-refractivity contribution in [3.63, 3.8) is 0 Å². The second-order valence-electron chi connectivity index (χ2n) is 9.07. The predicted octanol–water partition coefficient (Wildman–Crippen LogP) is 6.67. The molecule has 0 N–H and O–H groups in total. The average molecular weight is 421 g/mol. The molecule has 3 aliphatic rings. The summed E-state index contributed by atoms with van der Waals surface area (Å²) in [6.45, 7) is 15.3. The monoisotopic (exact) mass is 420 g/mol. The largest absolute Gasteiger partial charge is 0.301 e. The van der Waals surface area contributed by atoms with Gasteiger partial charge in [-0.1, -0.05) is 69.0 Å². The van der Waals surface area contributed by atoms with Gasteiger partial charge in [0, 0.05) is 22.2 Å². The molecule has 3 heterocycles. The Morgan fingerprint density at radius 3 is 2.31 bits per heavy atom. The zero-order chi connectivity index (χ0) is 22.3. The lowest BCUT2D eigenvalue weighted by atomic mass is 9.76. The minimum absolute atomic E-state index is 0.0229. The molecule has 0 saturated heterocycles. The van der Waals surface area contributed by atoms with Crippen molar-refractivity contribution in [2.45, 2.75) is 45.2 Å². The van der Waals surface area contributed by atoms with Gasteiger partial charge in [0.15, 0.2) is 11.6 Å². The molecule has 4 heteroatoms. The Labute approximate surface area is 189 Å². The Morgan fingerprint density at radius 2 is 1.62 bits per heavy atom. The summed E-state index contributed by atoms with van der Waals surface area (Å²) in [5.41, 5.74) is 6.70. The first kappa shape index (κ1) is 19.3. The van der Waals surface area contributed by atoms with Gasteiger partial charge < -0.3 is 9.80 Å². The van der Waals surface area contributed by atoms with Crippen LogP contribution in [0.2, 0.25) is 0 Å². The number of anilines is 4. The highest BCUT2D eigenvalue weighted by atomic mass is 15.5. The van der Waals surface area contributed by atoms with Crippen LogP contribution in [0.4, 0.5) is 23.0 Å². The first-order valence-electron chi connectivity index (χ1n) is 11.5. The van der Waals surface area contributed by atoms with Crippen LogP contribution in [0.25, 0.3) is 6.08 Å². The summed E-state index contributed by atoms with van der Waals surface area (Å²) in [5, 5.41) is 0. The molecule has 2 aliphatic heterocycles. The normalized spacial score (nSPS) is 26.8. The predicted molar refractivity (Wildman–Crippen MR) is 132 cm³/mol. The van der Waals surface area contributed by atoms with E-state index in [1.165, 1.54) is 16.8 Å². The van der Waals surface area contributed by atoms with Crippen LogP contribution >= 0.6 is 0 Å². The summed E-state index contributed by atoms with van der Waals surface area (Å²) in [6, 6.07) is 19.4. The number of aromatic nitrogens is 2. The maximum absolute atomic E-state index is 5.10. The third-order valence-corrected chi connectivity index (χ3v) is 8.15. The summed E-state index contributed by atoms with van der Waals surface area (Å²) in [4.78, 5) is 15.0. The highest BCUT2D eigenvalue weighted by Gasteiger charge is 2.79. The van der Waals surface area contributed by atoms with Crippen molar-refractivity contribution < 1.29 is 0 Å². The van der Waals surface area contributed by atoms with E-state index < -0.39 is 0 Å². The quantitative estimate of drug-likeness (QED) is 0.441. The fourth-order valence-corrected chi connectivity index (χ4v) is 6.77. The lowest BCUT2D eigenvalue weighted by Crippen LogP contribution is -2.51. The van der Waals surface area contributed by atoms with Gasteiger partial charge in [-0.15, -0.1) is 0 Å². The van der Waals surface area contributed by atoms with E-state index in [0.717, 1.165) is 41.6 Å². The minimum atomic E-state index is -0.0728. The Balaban J connectivity index is 1.72. The molecule has 32 heavy (non-hydrogen) atoms. The summed E-state index contributed by atoms with van der Waals surface area (Å²) in [7, 11) is 0. The molecule has 160 valence electrons. The molecule has 4 nitrogen and oxygen atoms in total. The second-order valence-corrected chi connectivity index (χ2v) is 9.07. The molecular formula is C28H28N4. The Morgan fingerprint density at radius 1 is 0.938 bits per heavy atom. The molecule has 0 spiro atoms. The number of fused-ring (bicyclic) bond motifs is 8. The number of benzene rings is 2. The van der Waals surface area contributed by atoms with Gasteiger partial charge >= 0.3 is 0 Å². The summed E-state index contributed by atoms with van der Waals surface area (Å²) >= 11 is 0. The molecule has 0 radical (unpaired) electrons. The summed E-state index contributed by atoms with van der Waals surface area (Å²) in [6.07, 6.45) is 3.91. The van der Waals surface area contributed by atoms with E-state index >= 15 is 0 Å². The summed E-state index contributed by atoms with van der Waals surface area (Å²) < 4.78 is 0. The van der Waals surface area contributed by atoms with E-state index in [1.807, 2.05) is 6.92 Å². The van der Waals surface area contributed by atoms with Crippen LogP contribution in [-0.2, 0) is 5.41 Å². The van der Waals surface area contributed by atoms with Crippen molar-refractivity contribution in [2.24, 2.45) is 5.41 Å². The van der Waals surface area contributed by atoms with E-state index in [-0.39, 0.29) is 17.0 Å². The molecule has 3 unspecified atom stereocenters. The maximum Gasteiger partial charge on any atom is 0.179 e. The van der Waals surface area contributed by atoms with Crippen LogP contribution in [0.3, 0.4) is 0 Å². The molecule has 1 aliphatic carbocycles. The van der Waals surface area contributed by atoms with Gasteiger partial charge in [-0.3, -0.25) is 0 Å². The lowest BCUT2D eigenvalue weighted by Gasteiger charge is -2.45. The molecule has 1 fully saturated rings. The Bertz CT molecular complexity index is 1280. The summed E-state index contributed by atoms with van der Waals surface area (Å²) in [5.74, 6) is 1.82. The molecule has 2 aromatic carbocycles. The lowest BCUT2D eigenvalue weighted by molar-refractivity contribution is 0.315. The van der Waals surface area contributed by atoms with Crippen molar-refractivity contribution in [1.29, 1.82) is 0 Å². The van der Waals surface area contributed by atoms with Crippen molar-refractivity contribution >= 4 is 29.1 Å². The van der Waals surface area contributed by atoms with E-state index in [4.69, 9.17) is 9.97 Å². The average Bonchev–Trinajstić information content (AvgIpc) is 3.23. The number of para-hydroxylation sites is 2. The van der Waals surface area contributed by atoms with Crippen molar-refractivity contribution in [3.05, 3.63) is 90.3 Å². The molecule has 0 amide bonds. The van der Waals surface area contributed by atoms with Gasteiger partial charge in [0.2, 0.25) is 0 Å². The maximum atomic E-state index is 5.10. The third-order valence-electron chi connectivity index (χ3n) is 8.15. The van der Waals surface area contributed by atoms with Crippen LogP contribution in [-0.4, -0.2) is 16.1 Å². The number of hydrogen-bond acceptors (Lipinski definition) is 4. The molecule has 3 aromatic rings. The van der Waals surface area contributed by atoms with Crippen molar-refractivity contribution in [2.75, 3.05) is 9.80 Å². The van der Waals surface area contributed by atoms with Crippen LogP contribution in [0.5, 0.6) is 0 Å². The van der Waals surface area contributed by atoms with Gasteiger partial charge in [0.25, 0.3) is 0 Å². The first-order valence-corrected chi connectivity index (χ1v) is 11.5. The minimum Gasteiger partial charge on any atom is -0.301 e. The number of rotatable bonds is 4. The van der Waals surface area contributed by atoms with Gasteiger partial charge in [-0.2, -0.15) is 0 Å². The van der Waals surface area contributed by atoms with Crippen LogP contribution in [0, 0.1) is 12.3 Å². The smallest absolute Gasteiger partial charge is 0.179 e. The molecule has 1 saturated carbocycles. The fraction of sp³-hybridized carbons (Fsp3) is 0.286. The highest BCUT2D eigenvalue weighted by Crippen LogP contribution is 2.80. The number of aryl methyl sites for hydroxylation is 1. The zero-order valence-corrected chi connectivity index (χ0v) is 19.0. The van der Waals surface area contributed by atoms with E-state index in [1.54, 1.807) is 6.08 Å². The fourth-order valence-electron chi connectivity index (χ4n) is 6.77. The SMILES string of the molecule is C=Cc1nc2c(nc1C)N1c3ccccc3C3(CC)C(=C)C3(CC)C1N2c1ccccc1. The number of hydrogen-bond donors (Lipinski definition) is 0. The van der Waals surface area contributed by atoms with Crippen molar-refractivity contribution in [3.8, 4) is 0 Å². The molecule has 6 rings (SSSR count). The molecular weight excluding hydrogens is 392 g/mol. The van der Waals surface area contributed by atoms with E-state index in [9.17, 15) is 0 Å². The van der Waals surface area contributed by atoms with Crippen molar-refractivity contribution in [1.82, 2.24) is 9.97 Å². The molecule has 1 aromatic heterocycles. The van der Waals surface area contributed by atoms with E-state index in [0.29, 0.717) is 0 Å². The third kappa shape index (κ3) is 1.95. The molecule has 3 atom stereocenters. The van der Waals surface area contributed by atoms with Gasteiger partial charge in [-0.05, 0) is 49.6 Å². The van der Waals surface area contributed by atoms with Gasteiger partial charge in [0.1, 0.15) is 6.17 Å². The second kappa shape index (κ2) is 6.32. The Hall–Kier alpha value is -3.40. The Kier molecular flexibility index (Phi) is 3.81.